The van der Waals surface area contributed by atoms with Crippen LogP contribution in [0.15, 0.2) is 21.8 Å². The van der Waals surface area contributed by atoms with Crippen LogP contribution in [0.3, 0.4) is 0 Å². The Balaban J connectivity index is 1.80. The largest absolute Gasteiger partial charge is 0.479 e. The summed E-state index contributed by atoms with van der Waals surface area (Å²) in [6, 6.07) is -1.07. The van der Waals surface area contributed by atoms with Crippen LogP contribution in [-0.2, 0) is 24.0 Å². The summed E-state index contributed by atoms with van der Waals surface area (Å²) in [6.07, 6.45) is -1.05. The number of aliphatic hydroxyl groups excluding tert-OH is 1. The minimum absolute atomic E-state index is 0.0211. The number of carbonyl (C=O) groups is 4. The van der Waals surface area contributed by atoms with Crippen LogP contribution in [0.1, 0.15) is 12.6 Å². The lowest BCUT2D eigenvalue weighted by Gasteiger charge is -2.49. The number of aromatic nitrogens is 1. The number of carboxylic acid groups (broad SMARTS) is 2. The molecule has 0 bridgehead atoms. The number of thiazole rings is 1. The predicted molar refractivity (Wildman–Crippen MR) is 108 cm³/mol. The molecule has 3 heterocycles. The summed E-state index contributed by atoms with van der Waals surface area (Å²) in [7, 11) is 0. The van der Waals surface area contributed by atoms with Crippen molar-refractivity contribution < 1.29 is 39.3 Å². The smallest absolute Gasteiger partial charge is 0.352 e. The fourth-order valence-electron chi connectivity index (χ4n) is 2.93. The SMILES string of the molecule is CC(O)C1=C(C(=O)O)N2C(=O)[C@@H](NC(=O)/C(=N\OCC(=O)O)c3csc(N)n3)[C@H]2SC1. The van der Waals surface area contributed by atoms with Crippen LogP contribution in [0.4, 0.5) is 5.13 Å². The van der Waals surface area contributed by atoms with Crippen molar-refractivity contribution in [1.29, 1.82) is 0 Å². The van der Waals surface area contributed by atoms with Gasteiger partial charge in [-0.2, -0.15) is 0 Å². The first-order chi connectivity index (χ1) is 14.6. The predicted octanol–water partition coefficient (Wildman–Crippen LogP) is -1.35. The number of fused-ring (bicyclic) bond motifs is 1. The highest BCUT2D eigenvalue weighted by Gasteiger charge is 2.54. The number of rotatable bonds is 8. The molecule has 1 aromatic rings. The van der Waals surface area contributed by atoms with E-state index >= 15 is 0 Å². The average Bonchev–Trinajstić information content (AvgIpc) is 3.13. The average molecular weight is 471 g/mol. The molecule has 13 nitrogen and oxygen atoms in total. The molecule has 1 saturated heterocycles. The molecule has 2 aliphatic rings. The number of nitrogens with two attached hydrogens (primary N) is 1. The van der Waals surface area contributed by atoms with Crippen LogP contribution in [0, 0.1) is 0 Å². The molecule has 0 spiro atoms. The third-order valence-corrected chi connectivity index (χ3v) is 6.29. The van der Waals surface area contributed by atoms with Crippen molar-refractivity contribution in [3.63, 3.8) is 0 Å². The van der Waals surface area contributed by atoms with E-state index in [2.05, 4.69) is 20.3 Å². The molecule has 0 radical (unpaired) electrons. The zero-order valence-corrected chi connectivity index (χ0v) is 17.5. The Hall–Kier alpha value is -3.17. The number of thioether (sulfide) groups is 1. The number of hydrogen-bond donors (Lipinski definition) is 5. The highest BCUT2D eigenvalue weighted by molar-refractivity contribution is 8.00. The van der Waals surface area contributed by atoms with Crippen molar-refractivity contribution in [2.24, 2.45) is 5.16 Å². The van der Waals surface area contributed by atoms with E-state index in [0.29, 0.717) is 0 Å². The summed E-state index contributed by atoms with van der Waals surface area (Å²) in [4.78, 5) is 57.2. The molecule has 15 heteroatoms. The van der Waals surface area contributed by atoms with Gasteiger partial charge in [-0.1, -0.05) is 5.16 Å². The number of carbonyl (C=O) groups excluding carboxylic acids is 2. The number of nitrogen functional groups attached to an aromatic ring is 1. The van der Waals surface area contributed by atoms with Gasteiger partial charge in [-0.15, -0.1) is 23.1 Å². The van der Waals surface area contributed by atoms with Gasteiger partial charge in [-0.05, 0) is 12.5 Å². The molecule has 31 heavy (non-hydrogen) atoms. The maximum atomic E-state index is 12.7. The van der Waals surface area contributed by atoms with E-state index in [4.69, 9.17) is 10.8 Å². The number of aliphatic hydroxyl groups is 1. The Morgan fingerprint density at radius 2 is 2.16 bits per heavy atom. The van der Waals surface area contributed by atoms with Gasteiger partial charge in [-0.25, -0.2) is 14.6 Å². The van der Waals surface area contributed by atoms with Crippen LogP contribution in [0.5, 0.6) is 0 Å². The van der Waals surface area contributed by atoms with Gasteiger partial charge in [0.25, 0.3) is 11.8 Å². The Morgan fingerprint density at radius 3 is 2.71 bits per heavy atom. The number of amides is 2. The first-order valence-corrected chi connectivity index (χ1v) is 10.6. The summed E-state index contributed by atoms with van der Waals surface area (Å²) in [5, 5.41) is 34.8. The van der Waals surface area contributed by atoms with Gasteiger partial charge in [0.05, 0.1) is 6.10 Å². The molecular weight excluding hydrogens is 454 g/mol. The van der Waals surface area contributed by atoms with Crippen molar-refractivity contribution in [3.05, 3.63) is 22.3 Å². The quantitative estimate of drug-likeness (QED) is 0.170. The van der Waals surface area contributed by atoms with Crippen molar-refractivity contribution in [2.45, 2.75) is 24.4 Å². The number of anilines is 1. The maximum Gasteiger partial charge on any atom is 0.352 e. The minimum atomic E-state index is -1.36. The molecule has 6 N–H and O–H groups in total. The second-order valence-corrected chi connectivity index (χ2v) is 8.39. The zero-order chi connectivity index (χ0) is 22.9. The van der Waals surface area contributed by atoms with Crippen LogP contribution >= 0.6 is 23.1 Å². The van der Waals surface area contributed by atoms with Gasteiger partial charge in [0.1, 0.15) is 22.8 Å². The van der Waals surface area contributed by atoms with Gasteiger partial charge in [0.15, 0.2) is 10.8 Å². The lowest BCUT2D eigenvalue weighted by Crippen LogP contribution is -2.71. The van der Waals surface area contributed by atoms with Crippen molar-refractivity contribution in [2.75, 3.05) is 18.1 Å². The first kappa shape index (κ1) is 22.5. The summed E-state index contributed by atoms with van der Waals surface area (Å²) in [5.74, 6) is -4.07. The topological polar surface area (TPSA) is 205 Å². The number of carboxylic acids is 2. The van der Waals surface area contributed by atoms with Gasteiger partial charge in [0.2, 0.25) is 6.61 Å². The number of β-lactam (4-membered cyclic amide) rings is 1. The van der Waals surface area contributed by atoms with E-state index in [1.807, 2.05) is 0 Å². The molecule has 2 amide bonds. The summed E-state index contributed by atoms with van der Waals surface area (Å²) < 4.78 is 0. The second-order valence-electron chi connectivity index (χ2n) is 6.39. The van der Waals surface area contributed by atoms with Crippen LogP contribution < -0.4 is 11.1 Å². The first-order valence-electron chi connectivity index (χ1n) is 8.64. The fourth-order valence-corrected chi connectivity index (χ4v) is 4.94. The molecule has 0 saturated carbocycles. The monoisotopic (exact) mass is 471 g/mol. The number of hydrogen-bond acceptors (Lipinski definition) is 11. The van der Waals surface area contributed by atoms with Gasteiger partial charge in [0, 0.05) is 11.1 Å². The molecule has 2 aliphatic heterocycles. The molecule has 166 valence electrons. The Bertz CT molecular complexity index is 1000. The molecule has 0 aromatic carbocycles. The van der Waals surface area contributed by atoms with E-state index in [-0.39, 0.29) is 33.6 Å². The molecule has 3 atom stereocenters. The highest BCUT2D eigenvalue weighted by Crippen LogP contribution is 2.41. The van der Waals surface area contributed by atoms with E-state index in [9.17, 15) is 29.4 Å². The zero-order valence-electron chi connectivity index (χ0n) is 15.8. The molecule has 1 unspecified atom stereocenters. The summed E-state index contributed by atoms with van der Waals surface area (Å²) >= 11 is 2.20. The van der Waals surface area contributed by atoms with E-state index in [1.54, 1.807) is 0 Å². The molecule has 1 fully saturated rings. The third kappa shape index (κ3) is 4.47. The number of oxime groups is 1. The summed E-state index contributed by atoms with van der Waals surface area (Å²) in [5.41, 5.74) is 5.09. The van der Waals surface area contributed by atoms with Gasteiger partial charge < -0.3 is 31.2 Å². The molecule has 3 rings (SSSR count). The fraction of sp³-hybridized carbons (Fsp3) is 0.375. The maximum absolute atomic E-state index is 12.7. The number of aliphatic carboxylic acids is 2. The Labute approximate surface area is 182 Å². The van der Waals surface area contributed by atoms with E-state index in [0.717, 1.165) is 16.2 Å². The Kier molecular flexibility index (Phi) is 6.47. The van der Waals surface area contributed by atoms with Crippen LogP contribution in [0.2, 0.25) is 0 Å². The van der Waals surface area contributed by atoms with Crippen molar-refractivity contribution in [3.8, 4) is 0 Å². The third-order valence-electron chi connectivity index (χ3n) is 4.31. The van der Waals surface area contributed by atoms with E-state index in [1.165, 1.54) is 24.1 Å². The second kappa shape index (κ2) is 8.91. The van der Waals surface area contributed by atoms with Crippen LogP contribution in [-0.4, -0.2) is 84.5 Å². The molecule has 1 aromatic heterocycles. The normalized spacial score (nSPS) is 21.8. The number of nitrogens with one attached hydrogen (secondary N) is 1. The summed E-state index contributed by atoms with van der Waals surface area (Å²) in [6.45, 7) is 0.599. The highest BCUT2D eigenvalue weighted by atomic mass is 32.2. The minimum Gasteiger partial charge on any atom is -0.479 e. The lowest BCUT2D eigenvalue weighted by atomic mass is 10.0. The van der Waals surface area contributed by atoms with Crippen LogP contribution in [0.25, 0.3) is 0 Å². The van der Waals surface area contributed by atoms with E-state index < -0.39 is 47.9 Å². The standard InChI is InChI=1S/C16H17N5O8S2/c1-5(22)6-3-30-14-10(13(26)21(14)11(6)15(27)28)19-12(25)9(20-29-2-8(23)24)7-4-31-16(17)18-7/h4-5,10,14,22H,2-3H2,1H3,(H2,17,18)(H,19,25)(H,23,24)(H,27,28)/b20-9-/t5?,10-,14-/m1/s1. The van der Waals surface area contributed by atoms with Gasteiger partial charge in [-0.3, -0.25) is 14.5 Å². The molecule has 0 aliphatic carbocycles. The van der Waals surface area contributed by atoms with Crippen molar-refractivity contribution in [1.82, 2.24) is 15.2 Å². The lowest BCUT2D eigenvalue weighted by molar-refractivity contribution is -0.150. The molecular formula is C16H17N5O8S2. The van der Waals surface area contributed by atoms with Crippen molar-refractivity contribution >= 4 is 57.7 Å². The Morgan fingerprint density at radius 1 is 1.45 bits per heavy atom. The van der Waals surface area contributed by atoms with Gasteiger partial charge >= 0.3 is 11.9 Å². The number of nitrogens with zero attached hydrogens (tertiary/aromatic N) is 3.